The number of hydrogen-bond donors (Lipinski definition) is 0. The van der Waals surface area contributed by atoms with Crippen LogP contribution in [0, 0.1) is 6.92 Å². The monoisotopic (exact) mass is 468 g/mol. The van der Waals surface area contributed by atoms with E-state index in [4.69, 9.17) is 19.1 Å². The molecule has 0 aliphatic heterocycles. The minimum absolute atomic E-state index is 0.0642. The van der Waals surface area contributed by atoms with Crippen LogP contribution in [0.5, 0.6) is 11.5 Å². The van der Waals surface area contributed by atoms with Crippen molar-refractivity contribution in [2.45, 2.75) is 26.8 Å². The van der Waals surface area contributed by atoms with Crippen LogP contribution < -0.4 is 9.47 Å². The quantitative estimate of drug-likeness (QED) is 0.309. The summed E-state index contributed by atoms with van der Waals surface area (Å²) >= 11 is 0. The summed E-state index contributed by atoms with van der Waals surface area (Å²) in [4.78, 5) is 22.3. The van der Waals surface area contributed by atoms with Crippen molar-refractivity contribution >= 4 is 17.4 Å². The molecule has 0 fully saturated rings. The lowest BCUT2D eigenvalue weighted by atomic mass is 9.99. The fraction of sp³-hybridized carbons (Fsp3) is 0.318. The van der Waals surface area contributed by atoms with Gasteiger partial charge in [0.1, 0.15) is 25.2 Å². The van der Waals surface area contributed by atoms with E-state index in [1.54, 1.807) is 25.1 Å². The van der Waals surface area contributed by atoms with E-state index in [-0.39, 0.29) is 29.3 Å². The van der Waals surface area contributed by atoms with Crippen molar-refractivity contribution < 1.29 is 41.9 Å². The van der Waals surface area contributed by atoms with E-state index in [1.165, 1.54) is 40.4 Å². The molecule has 0 heterocycles. The van der Waals surface area contributed by atoms with Gasteiger partial charge >= 0.3 is 12.3 Å². The van der Waals surface area contributed by atoms with E-state index in [1.807, 2.05) is 0 Å². The van der Waals surface area contributed by atoms with Crippen LogP contribution >= 0.6 is 0 Å². The van der Waals surface area contributed by atoms with Gasteiger partial charge in [-0.25, -0.2) is 4.79 Å². The van der Waals surface area contributed by atoms with E-state index in [9.17, 15) is 18.0 Å². The normalized spacial score (nSPS) is 12.2. The third kappa shape index (κ3) is 6.86. The van der Waals surface area contributed by atoms with Gasteiger partial charge in [-0.1, -0.05) is 28.5 Å². The molecule has 0 unspecified atom stereocenters. The second-order valence-electron chi connectivity index (χ2n) is 6.58. The molecule has 0 atom stereocenters. The van der Waals surface area contributed by atoms with Crippen LogP contribution in [-0.4, -0.2) is 45.1 Å². The Morgan fingerprint density at radius 2 is 1.76 bits per heavy atom. The van der Waals surface area contributed by atoms with E-state index in [0.717, 1.165) is 11.6 Å². The van der Waals surface area contributed by atoms with E-state index < -0.39 is 18.1 Å². The van der Waals surface area contributed by atoms with Gasteiger partial charge in [0.2, 0.25) is 0 Å². The summed E-state index contributed by atoms with van der Waals surface area (Å²) in [5.41, 5.74) is 1.86. The largest absolute Gasteiger partial charge is 0.573 e. The first kappa shape index (κ1) is 25.5. The SMILES string of the molecule is CO/N=C(/C(=O)OC)c1cccc(C)c1CO/N=C(\C)c1ccc(OC)cc1OC(F)(F)F. The van der Waals surface area contributed by atoms with Crippen LogP contribution in [0.3, 0.4) is 0 Å². The zero-order chi connectivity index (χ0) is 24.6. The fourth-order valence-electron chi connectivity index (χ4n) is 2.88. The molecule has 0 aliphatic carbocycles. The molecule has 0 saturated carbocycles. The summed E-state index contributed by atoms with van der Waals surface area (Å²) in [5, 5.41) is 7.67. The molecule has 2 rings (SSSR count). The molecule has 2 aromatic rings. The maximum atomic E-state index is 12.8. The molecule has 178 valence electrons. The van der Waals surface area contributed by atoms with Crippen LogP contribution in [0.4, 0.5) is 13.2 Å². The first-order valence-corrected chi connectivity index (χ1v) is 9.50. The van der Waals surface area contributed by atoms with Crippen LogP contribution in [-0.2, 0) is 25.8 Å². The number of carbonyl (C=O) groups is 1. The second kappa shape index (κ2) is 11.2. The summed E-state index contributed by atoms with van der Waals surface area (Å²) in [6, 6.07) is 9.10. The van der Waals surface area contributed by atoms with Crippen molar-refractivity contribution in [2.24, 2.45) is 10.3 Å². The van der Waals surface area contributed by atoms with Gasteiger partial charge in [0.15, 0.2) is 5.71 Å². The van der Waals surface area contributed by atoms with Crippen molar-refractivity contribution in [3.8, 4) is 11.5 Å². The van der Waals surface area contributed by atoms with Crippen molar-refractivity contribution in [1.29, 1.82) is 0 Å². The Hall–Kier alpha value is -3.76. The fourth-order valence-corrected chi connectivity index (χ4v) is 2.88. The number of hydrogen-bond acceptors (Lipinski definition) is 8. The minimum Gasteiger partial charge on any atom is -0.497 e. The maximum absolute atomic E-state index is 12.8. The van der Waals surface area contributed by atoms with E-state index in [2.05, 4.69) is 15.0 Å². The number of halogens is 3. The highest BCUT2D eigenvalue weighted by Gasteiger charge is 2.32. The summed E-state index contributed by atoms with van der Waals surface area (Å²) in [6.07, 6.45) is -4.90. The zero-order valence-corrected chi connectivity index (χ0v) is 18.6. The van der Waals surface area contributed by atoms with Crippen LogP contribution in [0.2, 0.25) is 0 Å². The molecular formula is C22H23F3N2O6. The van der Waals surface area contributed by atoms with Gasteiger partial charge in [0, 0.05) is 22.8 Å². The average Bonchev–Trinajstić information content (AvgIpc) is 2.76. The molecule has 0 aliphatic rings. The molecular weight excluding hydrogens is 445 g/mol. The highest BCUT2D eigenvalue weighted by Crippen LogP contribution is 2.31. The third-order valence-corrected chi connectivity index (χ3v) is 4.44. The maximum Gasteiger partial charge on any atom is 0.573 e. The van der Waals surface area contributed by atoms with Crippen molar-refractivity contribution in [1.82, 2.24) is 0 Å². The zero-order valence-electron chi connectivity index (χ0n) is 18.6. The van der Waals surface area contributed by atoms with Gasteiger partial charge in [-0.3, -0.25) is 0 Å². The number of methoxy groups -OCH3 is 2. The van der Waals surface area contributed by atoms with Crippen LogP contribution in [0.15, 0.2) is 46.7 Å². The number of aryl methyl sites for hydroxylation is 1. The van der Waals surface area contributed by atoms with Gasteiger partial charge in [-0.2, -0.15) is 0 Å². The number of oxime groups is 2. The number of ether oxygens (including phenoxy) is 3. The Bertz CT molecular complexity index is 1050. The van der Waals surface area contributed by atoms with E-state index in [0.29, 0.717) is 11.1 Å². The number of nitrogens with zero attached hydrogens (tertiary/aromatic N) is 2. The predicted octanol–water partition coefficient (Wildman–Crippen LogP) is 4.37. The molecule has 0 bridgehead atoms. The number of rotatable bonds is 9. The number of alkyl halides is 3. The Balaban J connectivity index is 2.34. The molecule has 8 nitrogen and oxygen atoms in total. The summed E-state index contributed by atoms with van der Waals surface area (Å²) < 4.78 is 52.3. The molecule has 0 spiro atoms. The van der Waals surface area contributed by atoms with Gasteiger partial charge < -0.3 is 23.9 Å². The Morgan fingerprint density at radius 3 is 2.36 bits per heavy atom. The van der Waals surface area contributed by atoms with Gasteiger partial charge in [0.25, 0.3) is 0 Å². The Morgan fingerprint density at radius 1 is 1.03 bits per heavy atom. The van der Waals surface area contributed by atoms with Crippen molar-refractivity contribution in [3.05, 3.63) is 58.7 Å². The highest BCUT2D eigenvalue weighted by molar-refractivity contribution is 6.43. The van der Waals surface area contributed by atoms with Gasteiger partial charge in [0.05, 0.1) is 19.9 Å². The molecule has 0 aromatic heterocycles. The van der Waals surface area contributed by atoms with Gasteiger partial charge in [-0.05, 0) is 31.5 Å². The molecule has 0 saturated heterocycles. The first-order valence-electron chi connectivity index (χ1n) is 9.50. The second-order valence-corrected chi connectivity index (χ2v) is 6.58. The van der Waals surface area contributed by atoms with Gasteiger partial charge in [-0.15, -0.1) is 13.2 Å². The molecule has 0 radical (unpaired) electrons. The average molecular weight is 468 g/mol. The van der Waals surface area contributed by atoms with E-state index >= 15 is 0 Å². The lowest BCUT2D eigenvalue weighted by molar-refractivity contribution is -0.274. The first-order chi connectivity index (χ1) is 15.6. The summed E-state index contributed by atoms with van der Waals surface area (Å²) in [5.74, 6) is -1.01. The Labute approximate surface area is 188 Å². The number of carbonyl (C=O) groups excluding carboxylic acids is 1. The minimum atomic E-state index is -4.90. The van der Waals surface area contributed by atoms with Crippen molar-refractivity contribution in [3.63, 3.8) is 0 Å². The summed E-state index contributed by atoms with van der Waals surface area (Å²) in [6.45, 7) is 3.15. The number of esters is 1. The topological polar surface area (TPSA) is 87.9 Å². The van der Waals surface area contributed by atoms with Crippen molar-refractivity contribution in [2.75, 3.05) is 21.3 Å². The Kier molecular flexibility index (Phi) is 8.66. The molecule has 2 aromatic carbocycles. The molecule has 0 N–H and O–H groups in total. The molecule has 11 heteroatoms. The lowest BCUT2D eigenvalue weighted by Crippen LogP contribution is -2.20. The lowest BCUT2D eigenvalue weighted by Gasteiger charge is -2.15. The molecule has 0 amide bonds. The molecule has 33 heavy (non-hydrogen) atoms. The number of benzene rings is 2. The van der Waals surface area contributed by atoms with Crippen LogP contribution in [0.25, 0.3) is 0 Å². The van der Waals surface area contributed by atoms with Crippen LogP contribution in [0.1, 0.15) is 29.2 Å². The smallest absolute Gasteiger partial charge is 0.497 e. The third-order valence-electron chi connectivity index (χ3n) is 4.44. The highest BCUT2D eigenvalue weighted by atomic mass is 19.4. The standard InChI is InChI=1S/C22H23F3N2O6/c1-13-7-6-8-17(20(27-31-5)21(28)30-4)18(13)12-32-26-14(2)16-10-9-15(29-3)11-19(16)33-22(23,24)25/h6-11H,12H2,1-5H3/b26-14+,27-20+. The predicted molar refractivity (Wildman–Crippen MR) is 113 cm³/mol. The summed E-state index contributed by atoms with van der Waals surface area (Å²) in [7, 11) is 3.83.